The van der Waals surface area contributed by atoms with Gasteiger partial charge in [-0.25, -0.2) is 14.6 Å². The number of morpholine rings is 1. The van der Waals surface area contributed by atoms with Gasteiger partial charge in [-0.3, -0.25) is 9.59 Å². The highest BCUT2D eigenvalue weighted by Gasteiger charge is 2.28. The van der Waals surface area contributed by atoms with Crippen molar-refractivity contribution >= 4 is 40.3 Å². The van der Waals surface area contributed by atoms with E-state index in [1.54, 1.807) is 23.1 Å². The number of likely N-dealkylation sites (tertiary alicyclic amines) is 1. The van der Waals surface area contributed by atoms with E-state index < -0.39 is 6.23 Å². The first-order valence-corrected chi connectivity index (χ1v) is 12.2. The van der Waals surface area contributed by atoms with Crippen LogP contribution in [0.4, 0.5) is 5.82 Å². The van der Waals surface area contributed by atoms with Gasteiger partial charge in [0.15, 0.2) is 5.65 Å². The van der Waals surface area contributed by atoms with Crippen molar-refractivity contribution in [3.05, 3.63) is 47.8 Å². The number of hydrogen-bond acceptors (Lipinski definition) is 8. The topological polar surface area (TPSA) is 140 Å². The van der Waals surface area contributed by atoms with E-state index in [0.29, 0.717) is 54.1 Å². The monoisotopic (exact) mass is 510 g/mol. The number of ether oxygens (including phenoxy) is 1. The third-order valence-corrected chi connectivity index (χ3v) is 6.77. The Morgan fingerprint density at radius 3 is 2.94 bits per heavy atom. The molecular formula is C24H27ClN8O3. The zero-order valence-corrected chi connectivity index (χ0v) is 20.4. The molecule has 4 N–H and O–H groups in total. The molecule has 2 aliphatic rings. The third kappa shape index (κ3) is 4.64. The second-order valence-electron chi connectivity index (χ2n) is 8.77. The summed E-state index contributed by atoms with van der Waals surface area (Å²) in [5, 5.41) is 11.7. The predicted molar refractivity (Wildman–Crippen MR) is 135 cm³/mol. The number of nitrogens with two attached hydrogens (primary N) is 1. The summed E-state index contributed by atoms with van der Waals surface area (Å²) < 4.78 is 7.36. The number of piperidine rings is 1. The van der Waals surface area contributed by atoms with Crippen LogP contribution in [-0.2, 0) is 9.53 Å². The Bertz CT molecular complexity index is 1320. The van der Waals surface area contributed by atoms with Crippen LogP contribution in [0.25, 0.3) is 22.3 Å². The number of rotatable bonds is 5. The van der Waals surface area contributed by atoms with E-state index in [0.717, 1.165) is 19.4 Å². The average Bonchev–Trinajstić information content (AvgIpc) is 3.30. The van der Waals surface area contributed by atoms with E-state index in [9.17, 15) is 9.59 Å². The van der Waals surface area contributed by atoms with Crippen LogP contribution in [-0.4, -0.2) is 75.5 Å². The van der Waals surface area contributed by atoms with Crippen molar-refractivity contribution in [1.29, 1.82) is 0 Å². The fourth-order valence-corrected chi connectivity index (χ4v) is 4.93. The van der Waals surface area contributed by atoms with Gasteiger partial charge in [0.2, 0.25) is 5.91 Å². The van der Waals surface area contributed by atoms with Crippen LogP contribution in [0.1, 0.15) is 29.2 Å². The lowest BCUT2D eigenvalue weighted by molar-refractivity contribution is -0.127. The van der Waals surface area contributed by atoms with Crippen molar-refractivity contribution in [3.63, 3.8) is 0 Å². The number of nitrogen functional groups attached to an aromatic ring is 1. The molecule has 0 aliphatic carbocycles. The Labute approximate surface area is 212 Å². The second kappa shape index (κ2) is 10.2. The molecule has 0 saturated carbocycles. The number of halogens is 1. The van der Waals surface area contributed by atoms with Gasteiger partial charge in [0.1, 0.15) is 24.1 Å². The summed E-state index contributed by atoms with van der Waals surface area (Å²) in [5.41, 5.74) is 8.39. The van der Waals surface area contributed by atoms with E-state index in [4.69, 9.17) is 27.2 Å². The maximum absolute atomic E-state index is 12.8. The number of hydrogen-bond donors (Lipinski definition) is 3. The van der Waals surface area contributed by atoms with Crippen molar-refractivity contribution in [2.24, 2.45) is 0 Å². The molecule has 0 bridgehead atoms. The Hall–Kier alpha value is -3.54. The highest BCUT2D eigenvalue weighted by Crippen LogP contribution is 2.35. The molecule has 5 rings (SSSR count). The molecule has 188 valence electrons. The van der Waals surface area contributed by atoms with E-state index in [1.165, 1.54) is 12.4 Å². The third-order valence-electron chi connectivity index (χ3n) is 6.45. The van der Waals surface area contributed by atoms with Crippen molar-refractivity contribution < 1.29 is 14.3 Å². The van der Waals surface area contributed by atoms with Crippen molar-refractivity contribution in [3.8, 4) is 11.3 Å². The van der Waals surface area contributed by atoms with Crippen LogP contribution in [0.3, 0.4) is 0 Å². The number of nitrogens with one attached hydrogen (secondary N) is 2. The molecule has 2 unspecified atom stereocenters. The smallest absolute Gasteiger partial charge is 0.254 e. The van der Waals surface area contributed by atoms with Gasteiger partial charge in [0.25, 0.3) is 5.91 Å². The minimum atomic E-state index is -0.415. The second-order valence-corrected chi connectivity index (χ2v) is 9.17. The number of anilines is 1. The fourth-order valence-electron chi connectivity index (χ4n) is 4.66. The van der Waals surface area contributed by atoms with Gasteiger partial charge < -0.3 is 26.0 Å². The lowest BCUT2D eigenvalue weighted by atomic mass is 10.1. The summed E-state index contributed by atoms with van der Waals surface area (Å²) in [7, 11) is 0. The highest BCUT2D eigenvalue weighted by molar-refractivity contribution is 6.34. The average molecular weight is 511 g/mol. The zero-order valence-electron chi connectivity index (χ0n) is 19.6. The molecule has 3 aromatic rings. The summed E-state index contributed by atoms with van der Waals surface area (Å²) in [6, 6.07) is 5.02. The SMILES string of the molecule is C=CC(=O)N1CCCC(n2nc(-c3ccc(C(=O)NC4CNCCO4)c(Cl)c3)c3c(N)ncnc32)C1. The normalized spacial score (nSPS) is 20.3. The lowest BCUT2D eigenvalue weighted by Gasteiger charge is -2.32. The number of amides is 2. The Morgan fingerprint density at radius 1 is 1.33 bits per heavy atom. The quantitative estimate of drug-likeness (QED) is 0.441. The molecule has 4 heterocycles. The van der Waals surface area contributed by atoms with E-state index in [1.807, 2.05) is 4.68 Å². The predicted octanol–water partition coefficient (Wildman–Crippen LogP) is 1.75. The first kappa shape index (κ1) is 24.2. The summed E-state index contributed by atoms with van der Waals surface area (Å²) in [6.45, 7) is 6.56. The van der Waals surface area contributed by atoms with Gasteiger partial charge in [0, 0.05) is 31.7 Å². The number of aromatic nitrogens is 4. The van der Waals surface area contributed by atoms with Crippen LogP contribution in [0.5, 0.6) is 0 Å². The zero-order chi connectivity index (χ0) is 25.2. The van der Waals surface area contributed by atoms with Crippen molar-refractivity contribution in [2.75, 3.05) is 38.5 Å². The number of carbonyl (C=O) groups is 2. The molecule has 1 aromatic carbocycles. The fraction of sp³-hybridized carbons (Fsp3) is 0.375. The molecule has 2 atom stereocenters. The molecule has 0 spiro atoms. The first-order chi connectivity index (χ1) is 17.5. The molecule has 11 nitrogen and oxygen atoms in total. The Kier molecular flexibility index (Phi) is 6.86. The molecule has 12 heteroatoms. The summed E-state index contributed by atoms with van der Waals surface area (Å²) in [4.78, 5) is 35.4. The molecule has 2 fully saturated rings. The van der Waals surface area contributed by atoms with Crippen molar-refractivity contribution in [2.45, 2.75) is 25.1 Å². The number of benzene rings is 1. The van der Waals surface area contributed by atoms with Gasteiger partial charge in [-0.1, -0.05) is 24.2 Å². The molecule has 2 saturated heterocycles. The lowest BCUT2D eigenvalue weighted by Crippen LogP contribution is -2.49. The first-order valence-electron chi connectivity index (χ1n) is 11.8. The van der Waals surface area contributed by atoms with Crippen LogP contribution in [0.15, 0.2) is 37.2 Å². The maximum Gasteiger partial charge on any atom is 0.254 e. The van der Waals surface area contributed by atoms with Gasteiger partial charge in [-0.2, -0.15) is 5.10 Å². The summed E-state index contributed by atoms with van der Waals surface area (Å²) >= 11 is 6.54. The Balaban J connectivity index is 1.48. The maximum atomic E-state index is 12.8. The Morgan fingerprint density at radius 2 is 2.19 bits per heavy atom. The minimum Gasteiger partial charge on any atom is -0.383 e. The molecule has 2 aromatic heterocycles. The van der Waals surface area contributed by atoms with Crippen LogP contribution in [0, 0.1) is 0 Å². The van der Waals surface area contributed by atoms with E-state index in [-0.39, 0.29) is 28.7 Å². The highest BCUT2D eigenvalue weighted by atomic mass is 35.5. The van der Waals surface area contributed by atoms with E-state index in [2.05, 4.69) is 27.2 Å². The van der Waals surface area contributed by atoms with Gasteiger partial charge in [0.05, 0.1) is 28.6 Å². The van der Waals surface area contributed by atoms with E-state index >= 15 is 0 Å². The standard InChI is InChI=1S/C24H27ClN8O3/c1-2-19(34)32-8-3-4-15(12-32)33-23-20(22(26)28-13-29-23)21(31-33)14-5-6-16(17(25)10-14)24(35)30-18-11-27-7-9-36-18/h2,5-6,10,13,15,18,27H,1,3-4,7-9,11-12H2,(H,30,35)(H2,26,28,29). The van der Waals surface area contributed by atoms with Gasteiger partial charge >= 0.3 is 0 Å². The molecular weight excluding hydrogens is 484 g/mol. The van der Waals surface area contributed by atoms with Gasteiger partial charge in [-0.05, 0) is 31.1 Å². The largest absolute Gasteiger partial charge is 0.383 e. The number of fused-ring (bicyclic) bond motifs is 1. The molecule has 36 heavy (non-hydrogen) atoms. The number of carbonyl (C=O) groups excluding carboxylic acids is 2. The van der Waals surface area contributed by atoms with Crippen molar-refractivity contribution in [1.82, 2.24) is 35.3 Å². The molecule has 0 radical (unpaired) electrons. The summed E-state index contributed by atoms with van der Waals surface area (Å²) in [5.74, 6) is -0.149. The molecule has 2 amide bonds. The minimum absolute atomic E-state index is 0.0853. The van der Waals surface area contributed by atoms with Crippen LogP contribution < -0.4 is 16.4 Å². The molecule has 2 aliphatic heterocycles. The summed E-state index contributed by atoms with van der Waals surface area (Å²) in [6.07, 6.45) is 3.97. The van der Waals surface area contributed by atoms with Crippen LogP contribution in [0.2, 0.25) is 5.02 Å². The van der Waals surface area contributed by atoms with Gasteiger partial charge in [-0.15, -0.1) is 0 Å². The number of nitrogens with zero attached hydrogens (tertiary/aromatic N) is 5. The van der Waals surface area contributed by atoms with Crippen LogP contribution >= 0.6 is 11.6 Å².